The van der Waals surface area contributed by atoms with Crippen LogP contribution in [0.3, 0.4) is 0 Å². The highest BCUT2D eigenvalue weighted by Crippen LogP contribution is 2.33. The lowest BCUT2D eigenvalue weighted by Crippen LogP contribution is -2.50. The van der Waals surface area contributed by atoms with Gasteiger partial charge < -0.3 is 15.3 Å². The highest BCUT2D eigenvalue weighted by atomic mass is 16.3. The number of rotatable bonds is 4. The molecule has 4 heteroatoms. The van der Waals surface area contributed by atoms with E-state index in [0.717, 1.165) is 32.2 Å². The van der Waals surface area contributed by atoms with Gasteiger partial charge in [0, 0.05) is 19.1 Å². The Morgan fingerprint density at radius 1 is 1.38 bits per heavy atom. The van der Waals surface area contributed by atoms with Gasteiger partial charge in [-0.1, -0.05) is 0 Å². The number of β-amino-alcohol motifs (C(OH)–C–C–N with tert-alkyl or cyclic N) is 1. The molecule has 3 rings (SSSR count). The van der Waals surface area contributed by atoms with Gasteiger partial charge in [0.1, 0.15) is 0 Å². The molecule has 2 aliphatic carbocycles. The zero-order valence-electron chi connectivity index (χ0n) is 9.61. The van der Waals surface area contributed by atoms with E-state index in [9.17, 15) is 9.90 Å². The van der Waals surface area contributed by atoms with Crippen LogP contribution in [-0.4, -0.2) is 46.7 Å². The highest BCUT2D eigenvalue weighted by molar-refractivity contribution is 5.84. The fraction of sp³-hybridized carbons (Fsp3) is 0.917. The van der Waals surface area contributed by atoms with Crippen molar-refractivity contribution in [3.8, 4) is 0 Å². The summed E-state index contributed by atoms with van der Waals surface area (Å²) in [6.45, 7) is 1.36. The second-order valence-corrected chi connectivity index (χ2v) is 5.62. The lowest BCUT2D eigenvalue weighted by Gasteiger charge is -2.39. The molecular formula is C12H20N2O2. The number of likely N-dealkylation sites (tertiary alicyclic amines) is 1. The Kier molecular flexibility index (Phi) is 2.44. The second kappa shape index (κ2) is 3.70. The molecule has 1 amide bonds. The predicted molar refractivity (Wildman–Crippen MR) is 59.9 cm³/mol. The van der Waals surface area contributed by atoms with Crippen molar-refractivity contribution in [1.82, 2.24) is 10.2 Å². The maximum Gasteiger partial charge on any atom is 0.239 e. The quantitative estimate of drug-likeness (QED) is 0.720. The van der Waals surface area contributed by atoms with Gasteiger partial charge in [-0.3, -0.25) is 4.79 Å². The van der Waals surface area contributed by atoms with Crippen LogP contribution in [0.15, 0.2) is 0 Å². The molecule has 4 nitrogen and oxygen atoms in total. The van der Waals surface area contributed by atoms with E-state index in [-0.39, 0.29) is 11.9 Å². The monoisotopic (exact) mass is 224 g/mol. The molecule has 2 N–H and O–H groups in total. The van der Waals surface area contributed by atoms with Gasteiger partial charge in [0.2, 0.25) is 5.91 Å². The van der Waals surface area contributed by atoms with Gasteiger partial charge in [0.05, 0.1) is 11.6 Å². The van der Waals surface area contributed by atoms with Crippen LogP contribution < -0.4 is 5.32 Å². The summed E-state index contributed by atoms with van der Waals surface area (Å²) < 4.78 is 0. The molecule has 0 spiro atoms. The Morgan fingerprint density at radius 2 is 2.12 bits per heavy atom. The minimum Gasteiger partial charge on any atom is -0.388 e. The van der Waals surface area contributed by atoms with E-state index in [2.05, 4.69) is 5.32 Å². The molecule has 0 bridgehead atoms. The predicted octanol–water partition coefficient (Wildman–Crippen LogP) is 0.254. The molecule has 0 aromatic carbocycles. The third kappa shape index (κ3) is 1.96. The fourth-order valence-corrected chi connectivity index (χ4v) is 2.68. The second-order valence-electron chi connectivity index (χ2n) is 5.62. The number of amides is 1. The average Bonchev–Trinajstić information content (AvgIpc) is 2.96. The van der Waals surface area contributed by atoms with Crippen molar-refractivity contribution in [3.63, 3.8) is 0 Å². The molecular weight excluding hydrogens is 204 g/mol. The van der Waals surface area contributed by atoms with Crippen LogP contribution in [-0.2, 0) is 4.79 Å². The Bertz CT molecular complexity index is 297. The first-order valence-corrected chi connectivity index (χ1v) is 6.44. The van der Waals surface area contributed by atoms with Gasteiger partial charge in [0.25, 0.3) is 0 Å². The van der Waals surface area contributed by atoms with Gasteiger partial charge in [0.15, 0.2) is 0 Å². The third-order valence-electron chi connectivity index (χ3n) is 4.08. The molecule has 1 saturated heterocycles. The van der Waals surface area contributed by atoms with Gasteiger partial charge in [-0.25, -0.2) is 0 Å². The van der Waals surface area contributed by atoms with Crippen LogP contribution in [0.5, 0.6) is 0 Å². The maximum atomic E-state index is 12.0. The molecule has 1 aliphatic heterocycles. The highest BCUT2D eigenvalue weighted by Gasteiger charge is 2.42. The fourth-order valence-electron chi connectivity index (χ4n) is 2.68. The number of nitrogens with zero attached hydrogens (tertiary/aromatic N) is 1. The minimum absolute atomic E-state index is 0.0242. The molecule has 1 heterocycles. The third-order valence-corrected chi connectivity index (χ3v) is 4.08. The minimum atomic E-state index is -0.565. The average molecular weight is 224 g/mol. The number of carbonyl (C=O) groups excluding carboxylic acids is 1. The van der Waals surface area contributed by atoms with Crippen LogP contribution in [0.2, 0.25) is 0 Å². The maximum absolute atomic E-state index is 12.0. The lowest BCUT2D eigenvalue weighted by atomic mass is 9.80. The molecule has 3 aliphatic rings. The number of nitrogens with one attached hydrogen (secondary N) is 1. The van der Waals surface area contributed by atoms with Crippen LogP contribution in [0, 0.1) is 0 Å². The molecule has 0 aromatic heterocycles. The molecule has 2 saturated carbocycles. The Morgan fingerprint density at radius 3 is 2.69 bits per heavy atom. The molecule has 16 heavy (non-hydrogen) atoms. The van der Waals surface area contributed by atoms with E-state index < -0.39 is 5.60 Å². The van der Waals surface area contributed by atoms with Gasteiger partial charge >= 0.3 is 0 Å². The van der Waals surface area contributed by atoms with Crippen LogP contribution in [0.1, 0.15) is 38.5 Å². The molecule has 90 valence electrons. The number of aliphatic hydroxyl groups is 1. The number of hydrogen-bond acceptors (Lipinski definition) is 3. The van der Waals surface area contributed by atoms with Gasteiger partial charge in [-0.2, -0.15) is 0 Å². The number of hydrogen-bond donors (Lipinski definition) is 2. The molecule has 3 fully saturated rings. The Labute approximate surface area is 96.0 Å². The van der Waals surface area contributed by atoms with Crippen LogP contribution in [0.25, 0.3) is 0 Å². The standard InChI is InChI=1S/C12H20N2O2/c15-11-10(13-9-2-3-9)4-7-14(11)8-12(16)5-1-6-12/h9-10,13,16H,1-8H2. The van der Waals surface area contributed by atoms with Crippen LogP contribution >= 0.6 is 0 Å². The van der Waals surface area contributed by atoms with E-state index in [1.54, 1.807) is 0 Å². The SMILES string of the molecule is O=C1C(NC2CC2)CCN1CC1(O)CCC1. The van der Waals surface area contributed by atoms with E-state index in [1.807, 2.05) is 4.90 Å². The van der Waals surface area contributed by atoms with Crippen molar-refractivity contribution < 1.29 is 9.90 Å². The van der Waals surface area contributed by atoms with E-state index in [4.69, 9.17) is 0 Å². The zero-order chi connectivity index (χ0) is 11.2. The first-order valence-electron chi connectivity index (χ1n) is 6.44. The smallest absolute Gasteiger partial charge is 0.239 e. The molecule has 1 atom stereocenters. The lowest BCUT2D eigenvalue weighted by molar-refractivity contribution is -0.135. The topological polar surface area (TPSA) is 52.6 Å². The van der Waals surface area contributed by atoms with Gasteiger partial charge in [-0.15, -0.1) is 0 Å². The first kappa shape index (κ1) is 10.5. The summed E-state index contributed by atoms with van der Waals surface area (Å²) in [7, 11) is 0. The Hall–Kier alpha value is -0.610. The van der Waals surface area contributed by atoms with Crippen molar-refractivity contribution in [2.75, 3.05) is 13.1 Å². The van der Waals surface area contributed by atoms with Crippen molar-refractivity contribution in [2.24, 2.45) is 0 Å². The summed E-state index contributed by atoms with van der Waals surface area (Å²) in [5.74, 6) is 0.201. The molecule has 0 aromatic rings. The summed E-state index contributed by atoms with van der Waals surface area (Å²) in [5, 5.41) is 13.4. The van der Waals surface area contributed by atoms with E-state index in [0.29, 0.717) is 12.6 Å². The first-order chi connectivity index (χ1) is 7.66. The van der Waals surface area contributed by atoms with Crippen molar-refractivity contribution >= 4 is 5.91 Å². The molecule has 0 radical (unpaired) electrons. The van der Waals surface area contributed by atoms with Gasteiger partial charge in [-0.05, 0) is 38.5 Å². The summed E-state index contributed by atoms with van der Waals surface area (Å²) in [5.41, 5.74) is -0.565. The van der Waals surface area contributed by atoms with Crippen molar-refractivity contribution in [1.29, 1.82) is 0 Å². The number of carbonyl (C=O) groups is 1. The summed E-state index contributed by atoms with van der Waals surface area (Å²) in [6.07, 6.45) is 6.16. The molecule has 1 unspecified atom stereocenters. The van der Waals surface area contributed by atoms with Crippen LogP contribution in [0.4, 0.5) is 0 Å². The largest absolute Gasteiger partial charge is 0.388 e. The summed E-state index contributed by atoms with van der Waals surface area (Å²) >= 11 is 0. The summed E-state index contributed by atoms with van der Waals surface area (Å²) in [6, 6.07) is 0.608. The van der Waals surface area contributed by atoms with Crippen molar-refractivity contribution in [3.05, 3.63) is 0 Å². The van der Waals surface area contributed by atoms with Crippen molar-refractivity contribution in [2.45, 2.75) is 56.2 Å². The van der Waals surface area contributed by atoms with E-state index in [1.165, 1.54) is 12.8 Å². The normalized spacial score (nSPS) is 32.9. The zero-order valence-corrected chi connectivity index (χ0v) is 9.61. The summed E-state index contributed by atoms with van der Waals surface area (Å²) in [4.78, 5) is 13.9. The Balaban J connectivity index is 1.54. The van der Waals surface area contributed by atoms with E-state index >= 15 is 0 Å².